The molecule has 4 rings (SSSR count). The molecule has 2 aliphatic rings. The first kappa shape index (κ1) is 28.0. The summed E-state index contributed by atoms with van der Waals surface area (Å²) in [6, 6.07) is 8.14. The zero-order valence-electron chi connectivity index (χ0n) is 21.0. The number of anilines is 1. The fraction of sp³-hybridized carbons (Fsp3) is 0.500. The number of aromatic nitrogens is 1. The molecule has 0 radical (unpaired) electrons. The summed E-state index contributed by atoms with van der Waals surface area (Å²) in [7, 11) is 0. The minimum absolute atomic E-state index is 0.0553. The van der Waals surface area contributed by atoms with E-state index in [0.717, 1.165) is 12.8 Å². The topological polar surface area (TPSA) is 104 Å². The molecular weight excluding hydrogens is 525 g/mol. The van der Waals surface area contributed by atoms with Gasteiger partial charge in [-0.1, -0.05) is 11.6 Å². The Morgan fingerprint density at radius 3 is 2.42 bits per heavy atom. The maximum Gasteiger partial charge on any atom is 0.405 e. The van der Waals surface area contributed by atoms with Crippen molar-refractivity contribution in [1.82, 2.24) is 15.6 Å². The first-order valence-electron chi connectivity index (χ1n) is 12.3. The van der Waals surface area contributed by atoms with E-state index < -0.39 is 24.2 Å². The summed E-state index contributed by atoms with van der Waals surface area (Å²) in [6.45, 7) is 1.65. The number of rotatable bonds is 8. The molecule has 2 aliphatic heterocycles. The molecule has 2 atom stereocenters. The van der Waals surface area contributed by atoms with Gasteiger partial charge in [-0.25, -0.2) is 4.98 Å². The van der Waals surface area contributed by atoms with Crippen LogP contribution in [0.4, 0.5) is 19.0 Å². The van der Waals surface area contributed by atoms with Gasteiger partial charge < -0.3 is 25.4 Å². The Morgan fingerprint density at radius 1 is 1.16 bits per heavy atom. The van der Waals surface area contributed by atoms with Crippen LogP contribution in [-0.4, -0.2) is 58.4 Å². The van der Waals surface area contributed by atoms with E-state index >= 15 is 0 Å². The molecule has 8 nitrogen and oxygen atoms in total. The van der Waals surface area contributed by atoms with Crippen LogP contribution in [0.15, 0.2) is 36.5 Å². The number of aliphatic hydroxyl groups is 1. The summed E-state index contributed by atoms with van der Waals surface area (Å²) >= 11 is 5.99. The van der Waals surface area contributed by atoms with Gasteiger partial charge in [-0.05, 0) is 69.9 Å². The van der Waals surface area contributed by atoms with Gasteiger partial charge in [0, 0.05) is 34.9 Å². The Bertz CT molecular complexity index is 1160. The van der Waals surface area contributed by atoms with Crippen LogP contribution in [0.5, 0.6) is 5.75 Å². The molecule has 2 amide bonds. The lowest BCUT2D eigenvalue weighted by atomic mass is 9.96. The summed E-state index contributed by atoms with van der Waals surface area (Å²) in [5, 5.41) is 15.0. The van der Waals surface area contributed by atoms with E-state index in [4.69, 9.17) is 16.3 Å². The number of nitrogens with one attached hydrogen (secondary N) is 2. The second kappa shape index (κ2) is 11.0. The maximum atomic E-state index is 13.1. The molecule has 0 aliphatic carbocycles. The van der Waals surface area contributed by atoms with Crippen LogP contribution in [0.2, 0.25) is 5.02 Å². The third-order valence-corrected chi connectivity index (χ3v) is 7.13. The monoisotopic (exact) mass is 554 g/mol. The Hall–Kier alpha value is -3.05. The molecule has 1 aromatic heterocycles. The quantitative estimate of drug-likeness (QED) is 0.456. The summed E-state index contributed by atoms with van der Waals surface area (Å²) in [6.07, 6.45) is 0.00852. The first-order chi connectivity index (χ1) is 17.9. The van der Waals surface area contributed by atoms with Crippen molar-refractivity contribution in [2.75, 3.05) is 11.4 Å². The lowest BCUT2D eigenvalue weighted by molar-refractivity contribution is -0.135. The van der Waals surface area contributed by atoms with Crippen molar-refractivity contribution in [3.8, 4) is 5.75 Å². The fourth-order valence-corrected chi connectivity index (χ4v) is 5.27. The number of fused-ring (bicyclic) bond motifs is 2. The third kappa shape index (κ3) is 6.50. The summed E-state index contributed by atoms with van der Waals surface area (Å²) in [4.78, 5) is 31.6. The van der Waals surface area contributed by atoms with Gasteiger partial charge in [0.1, 0.15) is 18.1 Å². The second-order valence-electron chi connectivity index (χ2n) is 10.2. The molecule has 2 fully saturated rings. The van der Waals surface area contributed by atoms with Crippen LogP contribution in [0.1, 0.15) is 55.5 Å². The lowest BCUT2D eigenvalue weighted by Crippen LogP contribution is -2.55. The molecule has 3 N–H and O–H groups in total. The van der Waals surface area contributed by atoms with Gasteiger partial charge in [-0.3, -0.25) is 9.59 Å². The number of carbonyl (C=O) groups excluding carboxylic acids is 2. The van der Waals surface area contributed by atoms with Crippen molar-refractivity contribution in [3.05, 3.63) is 52.7 Å². The highest BCUT2D eigenvalue weighted by molar-refractivity contribution is 6.30. The van der Waals surface area contributed by atoms with E-state index in [1.165, 1.54) is 12.3 Å². The summed E-state index contributed by atoms with van der Waals surface area (Å²) in [5.74, 6) is -0.0759. The van der Waals surface area contributed by atoms with E-state index in [-0.39, 0.29) is 36.2 Å². The van der Waals surface area contributed by atoms with Crippen LogP contribution in [-0.2, 0) is 11.4 Å². The van der Waals surface area contributed by atoms with Crippen molar-refractivity contribution in [2.24, 2.45) is 0 Å². The minimum Gasteiger partial charge on any atom is -0.478 e. The van der Waals surface area contributed by atoms with Crippen LogP contribution in [0, 0.1) is 0 Å². The smallest absolute Gasteiger partial charge is 0.405 e. The molecule has 38 heavy (non-hydrogen) atoms. The molecule has 2 bridgehead atoms. The number of carbonyl (C=O) groups is 2. The number of hydrogen-bond acceptors (Lipinski definition) is 6. The van der Waals surface area contributed by atoms with E-state index in [0.29, 0.717) is 35.0 Å². The molecule has 0 saturated carbocycles. The van der Waals surface area contributed by atoms with Crippen molar-refractivity contribution >= 4 is 29.2 Å². The molecule has 0 spiro atoms. The number of alkyl halides is 3. The highest BCUT2D eigenvalue weighted by Crippen LogP contribution is 2.39. The first-order valence-corrected chi connectivity index (χ1v) is 12.7. The zero-order chi connectivity index (χ0) is 27.7. The van der Waals surface area contributed by atoms with Crippen LogP contribution >= 0.6 is 11.6 Å². The van der Waals surface area contributed by atoms with Gasteiger partial charge in [0.15, 0.2) is 5.60 Å². The van der Waals surface area contributed by atoms with Gasteiger partial charge in [0.05, 0.1) is 12.2 Å². The van der Waals surface area contributed by atoms with Gasteiger partial charge in [-0.2, -0.15) is 13.2 Å². The number of benzene rings is 1. The normalized spacial score (nSPS) is 21.2. The van der Waals surface area contributed by atoms with Crippen molar-refractivity contribution < 1.29 is 32.6 Å². The predicted octanol–water partition coefficient (Wildman–Crippen LogP) is 3.99. The third-order valence-electron chi connectivity index (χ3n) is 6.90. The van der Waals surface area contributed by atoms with Gasteiger partial charge in [0.25, 0.3) is 11.8 Å². The molecule has 12 heteroatoms. The number of amides is 2. The molecule has 2 aromatic rings. The van der Waals surface area contributed by atoms with E-state index in [9.17, 15) is 27.9 Å². The van der Waals surface area contributed by atoms with Gasteiger partial charge in [0.2, 0.25) is 0 Å². The standard InChI is InChI=1S/C26H30ClF3N4O4/c1-25(2,38-21-7-4-17(27)9-16(21)13-35)24(37)33-18-10-19-5-6-20(11-18)34(19)22-8-3-15(12-31-22)23(36)32-14-26(28,29)30/h3-4,7-9,12,18-20,35H,5-6,10-11,13-14H2,1-2H3,(H,32,36)(H,33,37). The molecule has 3 heterocycles. The van der Waals surface area contributed by atoms with E-state index in [1.807, 2.05) is 5.32 Å². The SMILES string of the molecule is CC(C)(Oc1ccc(Cl)cc1CO)C(=O)NC1CC2CCC(C1)N2c1ccc(C(=O)NCC(F)(F)F)cn1. The average molecular weight is 555 g/mol. The van der Waals surface area contributed by atoms with Crippen LogP contribution < -0.4 is 20.3 Å². The Labute approximate surface area is 223 Å². The number of nitrogens with zero attached hydrogens (tertiary/aromatic N) is 2. The van der Waals surface area contributed by atoms with Crippen molar-refractivity contribution in [1.29, 1.82) is 0 Å². The molecule has 1 aromatic carbocycles. The Morgan fingerprint density at radius 2 is 1.84 bits per heavy atom. The number of ether oxygens (including phenoxy) is 1. The molecular formula is C26H30ClF3N4O4. The number of halogens is 4. The second-order valence-corrected chi connectivity index (χ2v) is 10.6. The van der Waals surface area contributed by atoms with Crippen LogP contribution in [0.25, 0.3) is 0 Å². The van der Waals surface area contributed by atoms with Gasteiger partial charge >= 0.3 is 6.18 Å². The van der Waals surface area contributed by atoms with Gasteiger partial charge in [-0.15, -0.1) is 0 Å². The number of aliphatic hydroxyl groups excluding tert-OH is 1. The number of pyridine rings is 1. The Kier molecular flexibility index (Phi) is 8.08. The predicted molar refractivity (Wildman–Crippen MR) is 135 cm³/mol. The number of hydrogen-bond donors (Lipinski definition) is 3. The van der Waals surface area contributed by atoms with Crippen molar-refractivity contribution in [2.45, 2.75) is 76.0 Å². The average Bonchev–Trinajstić information content (AvgIpc) is 3.13. The Balaban J connectivity index is 1.36. The fourth-order valence-electron chi connectivity index (χ4n) is 5.08. The summed E-state index contributed by atoms with van der Waals surface area (Å²) < 4.78 is 43.1. The van der Waals surface area contributed by atoms with Crippen molar-refractivity contribution in [3.63, 3.8) is 0 Å². The van der Waals surface area contributed by atoms with Crippen LogP contribution in [0.3, 0.4) is 0 Å². The van der Waals surface area contributed by atoms with E-state index in [1.54, 1.807) is 38.1 Å². The van der Waals surface area contributed by atoms with E-state index in [2.05, 4.69) is 15.2 Å². The molecule has 206 valence electrons. The number of piperidine rings is 1. The maximum absolute atomic E-state index is 13.1. The zero-order valence-corrected chi connectivity index (χ0v) is 21.8. The minimum atomic E-state index is -4.48. The molecule has 2 saturated heterocycles. The highest BCUT2D eigenvalue weighted by Gasteiger charge is 2.43. The summed E-state index contributed by atoms with van der Waals surface area (Å²) in [5.41, 5.74) is -0.654. The highest BCUT2D eigenvalue weighted by atomic mass is 35.5. The lowest BCUT2D eigenvalue weighted by Gasteiger charge is -2.41. The largest absolute Gasteiger partial charge is 0.478 e. The molecule has 2 unspecified atom stereocenters.